The van der Waals surface area contributed by atoms with E-state index in [1.54, 1.807) is 13.0 Å². The van der Waals surface area contributed by atoms with E-state index in [0.29, 0.717) is 0 Å². The van der Waals surface area contributed by atoms with Gasteiger partial charge in [0.05, 0.1) is 6.61 Å². The molecule has 4 nitrogen and oxygen atoms in total. The molecule has 1 rings (SSSR count). The number of hydrogen-bond acceptors (Lipinski definition) is 4. The largest absolute Gasteiger partial charge is 0.476 e. The van der Waals surface area contributed by atoms with Gasteiger partial charge in [-0.05, 0) is 45.0 Å². The zero-order valence-electron chi connectivity index (χ0n) is 12.4. The number of hydrogen-bond donors (Lipinski definition) is 1. The van der Waals surface area contributed by atoms with Crippen molar-refractivity contribution in [3.05, 3.63) is 29.6 Å². The molecule has 0 fully saturated rings. The standard InChI is InChI=1S/C15H22FNO3/c1-5-17-10(3)12-7-8-14(13(16)9-12)20-11(4)15(18)19-6-2/h7-11,17H,5-6H2,1-4H3. The van der Waals surface area contributed by atoms with Crippen molar-refractivity contribution in [3.63, 3.8) is 0 Å². The van der Waals surface area contributed by atoms with Crippen molar-refractivity contribution < 1.29 is 18.7 Å². The zero-order valence-corrected chi connectivity index (χ0v) is 12.4. The summed E-state index contributed by atoms with van der Waals surface area (Å²) in [5.74, 6) is -0.932. The van der Waals surface area contributed by atoms with E-state index in [9.17, 15) is 9.18 Å². The Bertz CT molecular complexity index is 451. The molecule has 2 atom stereocenters. The highest BCUT2D eigenvalue weighted by Crippen LogP contribution is 2.23. The van der Waals surface area contributed by atoms with Gasteiger partial charge >= 0.3 is 5.97 Å². The molecule has 5 heteroatoms. The highest BCUT2D eigenvalue weighted by Gasteiger charge is 2.18. The zero-order chi connectivity index (χ0) is 15.1. The minimum atomic E-state index is -0.832. The first kappa shape index (κ1) is 16.4. The van der Waals surface area contributed by atoms with Crippen LogP contribution < -0.4 is 10.1 Å². The third-order valence-corrected chi connectivity index (χ3v) is 2.89. The molecule has 112 valence electrons. The molecule has 1 aromatic carbocycles. The van der Waals surface area contributed by atoms with Gasteiger partial charge in [-0.3, -0.25) is 0 Å². The van der Waals surface area contributed by atoms with Crippen molar-refractivity contribution in [2.75, 3.05) is 13.2 Å². The van der Waals surface area contributed by atoms with E-state index in [1.165, 1.54) is 19.1 Å². The molecule has 0 heterocycles. The third-order valence-electron chi connectivity index (χ3n) is 2.89. The highest BCUT2D eigenvalue weighted by molar-refractivity contribution is 5.74. The van der Waals surface area contributed by atoms with Crippen molar-refractivity contribution in [2.24, 2.45) is 0 Å². The maximum Gasteiger partial charge on any atom is 0.347 e. The minimum Gasteiger partial charge on any atom is -0.476 e. The number of benzene rings is 1. The van der Waals surface area contributed by atoms with Gasteiger partial charge in [-0.25, -0.2) is 9.18 Å². The summed E-state index contributed by atoms with van der Waals surface area (Å²) in [6, 6.07) is 4.80. The van der Waals surface area contributed by atoms with Crippen LogP contribution in [0.3, 0.4) is 0 Å². The molecule has 0 spiro atoms. The molecule has 0 aliphatic carbocycles. The van der Waals surface area contributed by atoms with Gasteiger partial charge < -0.3 is 14.8 Å². The fourth-order valence-electron chi connectivity index (χ4n) is 1.80. The van der Waals surface area contributed by atoms with Gasteiger partial charge in [0.1, 0.15) is 0 Å². The SMILES string of the molecule is CCNC(C)c1ccc(OC(C)C(=O)OCC)c(F)c1. The van der Waals surface area contributed by atoms with Crippen LogP contribution >= 0.6 is 0 Å². The first-order chi connectivity index (χ1) is 9.49. The molecule has 2 unspecified atom stereocenters. The van der Waals surface area contributed by atoms with Gasteiger partial charge in [0.15, 0.2) is 17.7 Å². The van der Waals surface area contributed by atoms with Crippen molar-refractivity contribution in [1.82, 2.24) is 5.32 Å². The number of nitrogens with one attached hydrogen (secondary N) is 1. The van der Waals surface area contributed by atoms with Gasteiger partial charge in [-0.15, -0.1) is 0 Å². The fourth-order valence-corrected chi connectivity index (χ4v) is 1.80. The predicted octanol–water partition coefficient (Wildman–Crippen LogP) is 2.83. The van der Waals surface area contributed by atoms with Crippen LogP contribution in [0.1, 0.15) is 39.3 Å². The lowest BCUT2D eigenvalue weighted by Crippen LogP contribution is -2.26. The summed E-state index contributed by atoms with van der Waals surface area (Å²) in [7, 11) is 0. The van der Waals surface area contributed by atoms with Crippen molar-refractivity contribution >= 4 is 5.97 Å². The van der Waals surface area contributed by atoms with Crippen LogP contribution in [-0.2, 0) is 9.53 Å². The van der Waals surface area contributed by atoms with Crippen LogP contribution in [0.25, 0.3) is 0 Å². The molecule has 0 aromatic heterocycles. The van der Waals surface area contributed by atoms with Crippen LogP contribution in [0.5, 0.6) is 5.75 Å². The Morgan fingerprint density at radius 2 is 2.05 bits per heavy atom. The van der Waals surface area contributed by atoms with Gasteiger partial charge in [0, 0.05) is 6.04 Å². The highest BCUT2D eigenvalue weighted by atomic mass is 19.1. The molecule has 1 N–H and O–H groups in total. The van der Waals surface area contributed by atoms with Crippen LogP contribution in [0.2, 0.25) is 0 Å². The number of ether oxygens (including phenoxy) is 2. The van der Waals surface area contributed by atoms with Gasteiger partial charge in [-0.2, -0.15) is 0 Å². The Labute approximate surface area is 119 Å². The summed E-state index contributed by atoms with van der Waals surface area (Å²) < 4.78 is 24.1. The Hall–Kier alpha value is -1.62. The Balaban J connectivity index is 2.75. The average Bonchev–Trinajstić information content (AvgIpc) is 2.41. The maximum absolute atomic E-state index is 14.0. The van der Waals surface area contributed by atoms with E-state index in [4.69, 9.17) is 9.47 Å². The van der Waals surface area contributed by atoms with Crippen LogP contribution in [0.15, 0.2) is 18.2 Å². The number of esters is 1. The molecule has 0 aliphatic heterocycles. The summed E-state index contributed by atoms with van der Waals surface area (Å²) >= 11 is 0. The van der Waals surface area contributed by atoms with Crippen molar-refractivity contribution in [1.29, 1.82) is 0 Å². The summed E-state index contributed by atoms with van der Waals surface area (Å²) in [5.41, 5.74) is 0.834. The monoisotopic (exact) mass is 283 g/mol. The lowest BCUT2D eigenvalue weighted by molar-refractivity contribution is -0.150. The predicted molar refractivity (Wildman–Crippen MR) is 75.2 cm³/mol. The van der Waals surface area contributed by atoms with Crippen molar-refractivity contribution in [2.45, 2.75) is 39.8 Å². The molecule has 1 aromatic rings. The minimum absolute atomic E-state index is 0.0537. The molecule has 0 radical (unpaired) electrons. The normalized spacial score (nSPS) is 13.7. The van der Waals surface area contributed by atoms with Crippen LogP contribution in [-0.4, -0.2) is 25.2 Å². The Morgan fingerprint density at radius 1 is 1.35 bits per heavy atom. The lowest BCUT2D eigenvalue weighted by atomic mass is 10.1. The topological polar surface area (TPSA) is 47.6 Å². The van der Waals surface area contributed by atoms with Crippen LogP contribution in [0.4, 0.5) is 4.39 Å². The lowest BCUT2D eigenvalue weighted by Gasteiger charge is -2.16. The van der Waals surface area contributed by atoms with E-state index < -0.39 is 17.9 Å². The molecule has 20 heavy (non-hydrogen) atoms. The fraction of sp³-hybridized carbons (Fsp3) is 0.533. The van der Waals surface area contributed by atoms with Crippen molar-refractivity contribution in [3.8, 4) is 5.75 Å². The van der Waals surface area contributed by atoms with E-state index in [-0.39, 0.29) is 18.4 Å². The van der Waals surface area contributed by atoms with E-state index in [2.05, 4.69) is 5.32 Å². The van der Waals surface area contributed by atoms with Gasteiger partial charge in [-0.1, -0.05) is 13.0 Å². The quantitative estimate of drug-likeness (QED) is 0.782. The molecule has 0 saturated heterocycles. The maximum atomic E-state index is 14.0. The second-order valence-corrected chi connectivity index (χ2v) is 4.48. The Morgan fingerprint density at radius 3 is 2.60 bits per heavy atom. The molecular weight excluding hydrogens is 261 g/mol. The summed E-state index contributed by atoms with van der Waals surface area (Å²) in [5, 5.41) is 3.20. The summed E-state index contributed by atoms with van der Waals surface area (Å²) in [6.45, 7) is 8.27. The van der Waals surface area contributed by atoms with E-state index in [1.807, 2.05) is 13.8 Å². The number of carbonyl (C=O) groups excluding carboxylic acids is 1. The first-order valence-electron chi connectivity index (χ1n) is 6.85. The number of carbonyl (C=O) groups is 1. The Kier molecular flexibility index (Phi) is 6.45. The van der Waals surface area contributed by atoms with Gasteiger partial charge in [0.25, 0.3) is 0 Å². The second kappa shape index (κ2) is 7.85. The number of rotatable bonds is 7. The van der Waals surface area contributed by atoms with Crippen LogP contribution in [0, 0.1) is 5.82 Å². The summed E-state index contributed by atoms with van der Waals surface area (Å²) in [6.07, 6.45) is -0.832. The average molecular weight is 283 g/mol. The third kappa shape index (κ3) is 4.49. The van der Waals surface area contributed by atoms with E-state index >= 15 is 0 Å². The second-order valence-electron chi connectivity index (χ2n) is 4.48. The molecule has 0 saturated carbocycles. The first-order valence-corrected chi connectivity index (χ1v) is 6.85. The molecular formula is C15H22FNO3. The summed E-state index contributed by atoms with van der Waals surface area (Å²) in [4.78, 5) is 11.4. The smallest absolute Gasteiger partial charge is 0.347 e. The molecule has 0 bridgehead atoms. The molecule has 0 amide bonds. The molecule has 0 aliphatic rings. The number of halogens is 1. The van der Waals surface area contributed by atoms with Gasteiger partial charge in [0.2, 0.25) is 0 Å². The van der Waals surface area contributed by atoms with E-state index in [0.717, 1.165) is 12.1 Å².